The highest BCUT2D eigenvalue weighted by molar-refractivity contribution is 5.78. The van der Waals surface area contributed by atoms with Gasteiger partial charge in [-0.3, -0.25) is 4.79 Å². The van der Waals surface area contributed by atoms with Crippen LogP contribution < -0.4 is 5.32 Å². The standard InChI is InChI=1S/C18H17N7O/c1-13-3-2-8-24-11-15(21-18(13)24)10-19-17(26)9-14-4-6-16(7-5-14)25-12-20-22-23-25/h2-8,11-12H,9-10H2,1H3,(H,19,26). The Bertz CT molecular complexity index is 1040. The highest BCUT2D eigenvalue weighted by Crippen LogP contribution is 2.10. The second kappa shape index (κ2) is 6.75. The summed E-state index contributed by atoms with van der Waals surface area (Å²) in [4.78, 5) is 16.8. The number of imidazole rings is 1. The SMILES string of the molecule is Cc1cccn2cc(CNC(=O)Cc3ccc(-n4cnnn4)cc3)nc12. The summed E-state index contributed by atoms with van der Waals surface area (Å²) in [6, 6.07) is 11.5. The van der Waals surface area contributed by atoms with Crippen molar-refractivity contribution in [2.75, 3.05) is 0 Å². The van der Waals surface area contributed by atoms with Gasteiger partial charge in [-0.05, 0) is 46.7 Å². The molecule has 0 saturated carbocycles. The van der Waals surface area contributed by atoms with Crippen LogP contribution in [0.5, 0.6) is 0 Å². The summed E-state index contributed by atoms with van der Waals surface area (Å²) in [6.45, 7) is 2.42. The first-order valence-electron chi connectivity index (χ1n) is 8.21. The monoisotopic (exact) mass is 347 g/mol. The smallest absolute Gasteiger partial charge is 0.224 e. The first kappa shape index (κ1) is 15.9. The molecule has 0 unspecified atom stereocenters. The number of nitrogens with one attached hydrogen (secondary N) is 1. The van der Waals surface area contributed by atoms with Gasteiger partial charge in [0, 0.05) is 12.4 Å². The van der Waals surface area contributed by atoms with Crippen LogP contribution in [-0.4, -0.2) is 35.5 Å². The molecule has 3 aromatic heterocycles. The van der Waals surface area contributed by atoms with Crippen molar-refractivity contribution in [3.8, 4) is 5.69 Å². The molecule has 1 aromatic carbocycles. The normalized spacial score (nSPS) is 11.0. The van der Waals surface area contributed by atoms with Gasteiger partial charge in [-0.2, -0.15) is 0 Å². The molecule has 8 heteroatoms. The largest absolute Gasteiger partial charge is 0.350 e. The Labute approximate surface area is 149 Å². The van der Waals surface area contributed by atoms with E-state index in [-0.39, 0.29) is 5.91 Å². The third kappa shape index (κ3) is 3.30. The summed E-state index contributed by atoms with van der Waals surface area (Å²) in [6.07, 6.45) is 5.72. The Morgan fingerprint density at radius 1 is 1.19 bits per heavy atom. The maximum absolute atomic E-state index is 12.2. The van der Waals surface area contributed by atoms with Crippen molar-refractivity contribution in [1.82, 2.24) is 34.9 Å². The van der Waals surface area contributed by atoms with Gasteiger partial charge in [0.2, 0.25) is 5.91 Å². The lowest BCUT2D eigenvalue weighted by molar-refractivity contribution is -0.120. The fourth-order valence-corrected chi connectivity index (χ4v) is 2.77. The number of carbonyl (C=O) groups excluding carboxylic acids is 1. The quantitative estimate of drug-likeness (QED) is 0.590. The third-order valence-corrected chi connectivity index (χ3v) is 4.11. The number of carbonyl (C=O) groups is 1. The molecule has 1 amide bonds. The summed E-state index contributed by atoms with van der Waals surface area (Å²) in [5, 5.41) is 14.0. The molecule has 0 bridgehead atoms. The van der Waals surface area contributed by atoms with E-state index in [0.29, 0.717) is 13.0 Å². The van der Waals surface area contributed by atoms with Gasteiger partial charge in [-0.15, -0.1) is 5.10 Å². The molecule has 4 aromatic rings. The Morgan fingerprint density at radius 3 is 2.77 bits per heavy atom. The highest BCUT2D eigenvalue weighted by atomic mass is 16.1. The van der Waals surface area contributed by atoms with E-state index in [1.807, 2.05) is 60.1 Å². The molecule has 0 saturated heterocycles. The van der Waals surface area contributed by atoms with Gasteiger partial charge >= 0.3 is 0 Å². The molecular formula is C18H17N7O. The highest BCUT2D eigenvalue weighted by Gasteiger charge is 2.07. The van der Waals surface area contributed by atoms with Crippen molar-refractivity contribution in [2.45, 2.75) is 19.9 Å². The molecule has 4 rings (SSSR count). The number of hydrogen-bond acceptors (Lipinski definition) is 5. The van der Waals surface area contributed by atoms with E-state index < -0.39 is 0 Å². The number of amides is 1. The Hall–Kier alpha value is -3.55. The Balaban J connectivity index is 1.37. The number of aryl methyl sites for hydroxylation is 1. The molecule has 3 heterocycles. The number of benzene rings is 1. The number of fused-ring (bicyclic) bond motifs is 1. The van der Waals surface area contributed by atoms with E-state index in [1.165, 1.54) is 6.33 Å². The van der Waals surface area contributed by atoms with Gasteiger partial charge in [0.25, 0.3) is 0 Å². The molecule has 1 N–H and O–H groups in total. The van der Waals surface area contributed by atoms with E-state index in [1.54, 1.807) is 4.68 Å². The van der Waals surface area contributed by atoms with Crippen molar-refractivity contribution in [1.29, 1.82) is 0 Å². The van der Waals surface area contributed by atoms with Crippen molar-refractivity contribution >= 4 is 11.6 Å². The van der Waals surface area contributed by atoms with Crippen LogP contribution in [0.1, 0.15) is 16.8 Å². The minimum atomic E-state index is -0.0473. The summed E-state index contributed by atoms with van der Waals surface area (Å²) in [5.74, 6) is -0.0473. The van der Waals surface area contributed by atoms with E-state index in [0.717, 1.165) is 28.2 Å². The molecule has 26 heavy (non-hydrogen) atoms. The van der Waals surface area contributed by atoms with Crippen molar-refractivity contribution < 1.29 is 4.79 Å². The molecule has 0 atom stereocenters. The van der Waals surface area contributed by atoms with Gasteiger partial charge in [0.15, 0.2) is 0 Å². The van der Waals surface area contributed by atoms with Crippen molar-refractivity contribution in [3.05, 3.63) is 71.9 Å². The number of aromatic nitrogens is 6. The first-order valence-corrected chi connectivity index (χ1v) is 8.21. The fourth-order valence-electron chi connectivity index (χ4n) is 2.77. The fraction of sp³-hybridized carbons (Fsp3) is 0.167. The predicted octanol–water partition coefficient (Wildman–Crippen LogP) is 1.48. The second-order valence-electron chi connectivity index (χ2n) is 6.03. The molecule has 0 aliphatic carbocycles. The lowest BCUT2D eigenvalue weighted by Gasteiger charge is -2.05. The first-order chi connectivity index (χ1) is 12.7. The summed E-state index contributed by atoms with van der Waals surface area (Å²) in [7, 11) is 0. The number of nitrogens with zero attached hydrogens (tertiary/aromatic N) is 6. The van der Waals surface area contributed by atoms with Gasteiger partial charge in [-0.25, -0.2) is 9.67 Å². The van der Waals surface area contributed by atoms with Gasteiger partial charge < -0.3 is 9.72 Å². The lowest BCUT2D eigenvalue weighted by Crippen LogP contribution is -2.24. The minimum absolute atomic E-state index is 0.0473. The van der Waals surface area contributed by atoms with Gasteiger partial charge in [0.1, 0.15) is 12.0 Å². The van der Waals surface area contributed by atoms with Crippen LogP contribution in [0.3, 0.4) is 0 Å². The van der Waals surface area contributed by atoms with E-state index >= 15 is 0 Å². The molecular weight excluding hydrogens is 330 g/mol. The van der Waals surface area contributed by atoms with Crippen LogP contribution in [0.2, 0.25) is 0 Å². The van der Waals surface area contributed by atoms with Gasteiger partial charge in [-0.1, -0.05) is 18.2 Å². The average molecular weight is 347 g/mol. The molecule has 8 nitrogen and oxygen atoms in total. The van der Waals surface area contributed by atoms with E-state index in [9.17, 15) is 4.79 Å². The third-order valence-electron chi connectivity index (χ3n) is 4.11. The number of tetrazole rings is 1. The number of pyridine rings is 1. The van der Waals surface area contributed by atoms with Crippen molar-refractivity contribution in [2.24, 2.45) is 0 Å². The number of rotatable bonds is 5. The zero-order valence-electron chi connectivity index (χ0n) is 14.2. The Morgan fingerprint density at radius 2 is 2.04 bits per heavy atom. The van der Waals surface area contributed by atoms with Gasteiger partial charge in [0.05, 0.1) is 24.3 Å². The summed E-state index contributed by atoms with van der Waals surface area (Å²) < 4.78 is 3.53. The lowest BCUT2D eigenvalue weighted by atomic mass is 10.1. The van der Waals surface area contributed by atoms with Crippen LogP contribution in [0, 0.1) is 6.92 Å². The topological polar surface area (TPSA) is 90.0 Å². The molecule has 0 radical (unpaired) electrons. The maximum atomic E-state index is 12.2. The van der Waals surface area contributed by atoms with Crippen LogP contribution in [0.15, 0.2) is 55.1 Å². The minimum Gasteiger partial charge on any atom is -0.350 e. The maximum Gasteiger partial charge on any atom is 0.224 e. The van der Waals surface area contributed by atoms with Crippen molar-refractivity contribution in [3.63, 3.8) is 0 Å². The van der Waals surface area contributed by atoms with Crippen LogP contribution in [0.4, 0.5) is 0 Å². The molecule has 0 spiro atoms. The predicted molar refractivity (Wildman–Crippen MR) is 94.6 cm³/mol. The summed E-state index contributed by atoms with van der Waals surface area (Å²) >= 11 is 0. The summed E-state index contributed by atoms with van der Waals surface area (Å²) in [5.41, 5.74) is 4.62. The Kier molecular flexibility index (Phi) is 4.14. The molecule has 0 fully saturated rings. The number of hydrogen-bond donors (Lipinski definition) is 1. The van der Waals surface area contributed by atoms with Crippen LogP contribution in [-0.2, 0) is 17.8 Å². The zero-order chi connectivity index (χ0) is 17.9. The molecule has 0 aliphatic rings. The average Bonchev–Trinajstić information content (AvgIpc) is 3.31. The van der Waals surface area contributed by atoms with E-state index in [2.05, 4.69) is 25.8 Å². The van der Waals surface area contributed by atoms with Crippen LogP contribution in [0.25, 0.3) is 11.3 Å². The van der Waals surface area contributed by atoms with Crippen LogP contribution >= 0.6 is 0 Å². The zero-order valence-corrected chi connectivity index (χ0v) is 14.2. The molecule has 130 valence electrons. The van der Waals surface area contributed by atoms with E-state index in [4.69, 9.17) is 0 Å². The molecule has 0 aliphatic heterocycles. The second-order valence-corrected chi connectivity index (χ2v) is 6.03.